The van der Waals surface area contributed by atoms with E-state index >= 15 is 0 Å². The maximum absolute atomic E-state index is 10.0. The van der Waals surface area contributed by atoms with E-state index in [9.17, 15) is 14.4 Å². The third kappa shape index (κ3) is 31.0. The molecule has 0 aliphatic heterocycles. The molecular weight excluding hydrogens is 2380 g/mol. The van der Waals surface area contributed by atoms with E-state index in [0.29, 0.717) is 5.92 Å². The maximum Gasteiger partial charge on any atom is 0.155 e. The van der Waals surface area contributed by atoms with Crippen LogP contribution in [0.25, 0.3) is 111 Å². The van der Waals surface area contributed by atoms with Gasteiger partial charge in [0, 0.05) is 131 Å². The molecule has 0 unspecified atom stereocenters. The van der Waals surface area contributed by atoms with Crippen LogP contribution in [0, 0.1) is 58.0 Å². The Bertz CT molecular complexity index is 5780. The zero-order valence-corrected chi connectivity index (χ0v) is 81.4. The minimum absolute atomic E-state index is 0. The summed E-state index contributed by atoms with van der Waals surface area (Å²) in [7, 11) is 0. The van der Waals surface area contributed by atoms with Gasteiger partial charge in [0.15, 0.2) is 17.3 Å². The Labute approximate surface area is 775 Å². The van der Waals surface area contributed by atoms with Crippen molar-refractivity contribution in [2.75, 3.05) is 0 Å². The van der Waals surface area contributed by atoms with E-state index in [0.717, 1.165) is 78.4 Å². The van der Waals surface area contributed by atoms with E-state index in [1.54, 1.807) is 6.20 Å². The molecule has 1 aliphatic carbocycles. The van der Waals surface area contributed by atoms with Crippen LogP contribution in [-0.4, -0.2) is 57.6 Å². The van der Waals surface area contributed by atoms with Gasteiger partial charge in [0.25, 0.3) is 0 Å². The number of aryl methyl sites for hydroxylation is 4. The number of aliphatic hydroxyl groups excluding tert-OH is 3. The van der Waals surface area contributed by atoms with Crippen molar-refractivity contribution in [3.05, 3.63) is 390 Å². The molecule has 16 rings (SSSR count). The van der Waals surface area contributed by atoms with E-state index in [4.69, 9.17) is 30.3 Å². The summed E-state index contributed by atoms with van der Waals surface area (Å²) in [6.07, 6.45) is 7.25. The van der Waals surface area contributed by atoms with Gasteiger partial charge < -0.3 is 25.3 Å². The fraction of sp³-hybridized carbons (Fsp3) is 0.154. The van der Waals surface area contributed by atoms with Gasteiger partial charge in [0.2, 0.25) is 0 Å². The Morgan fingerprint density at radius 1 is 0.383 bits per heavy atom. The molecular formula is C104H96Ir5N5O6-5. The Hall–Kier alpha value is -10.4. The molecule has 5 aromatic heterocycles. The fourth-order valence-electron chi connectivity index (χ4n) is 12.8. The second kappa shape index (κ2) is 50.6. The number of hydrogen-bond acceptors (Lipinski definition) is 11. The number of ketones is 3. The number of carbonyl (C=O) groups is 3. The number of allylic oxidation sites excluding steroid dienone is 6. The summed E-state index contributed by atoms with van der Waals surface area (Å²) in [5, 5.41) is 28.6. The fourth-order valence-corrected chi connectivity index (χ4v) is 12.8. The molecule has 0 amide bonds. The van der Waals surface area contributed by atoms with Crippen molar-refractivity contribution in [2.24, 2.45) is 0 Å². The molecule has 0 spiro atoms. The van der Waals surface area contributed by atoms with Crippen LogP contribution < -0.4 is 0 Å². The minimum atomic E-state index is -0.125. The van der Waals surface area contributed by atoms with Gasteiger partial charge in [-0.15, -0.1) is 170 Å². The number of fused-ring (bicyclic) bond motifs is 6. The predicted octanol–water partition coefficient (Wildman–Crippen LogP) is 25.6. The zero-order chi connectivity index (χ0) is 82.6. The Morgan fingerprint density at radius 2 is 0.867 bits per heavy atom. The first kappa shape index (κ1) is 102. The molecule has 623 valence electrons. The predicted molar refractivity (Wildman–Crippen MR) is 472 cm³/mol. The van der Waals surface area contributed by atoms with Crippen LogP contribution in [0.1, 0.15) is 114 Å². The van der Waals surface area contributed by atoms with Gasteiger partial charge in [-0.1, -0.05) is 236 Å². The van der Waals surface area contributed by atoms with Crippen molar-refractivity contribution in [1.29, 1.82) is 0 Å². The van der Waals surface area contributed by atoms with Crippen molar-refractivity contribution in [1.82, 2.24) is 24.9 Å². The van der Waals surface area contributed by atoms with Crippen molar-refractivity contribution >= 4 is 50.1 Å². The number of rotatable bonds is 10. The number of hydrogen-bond donors (Lipinski definition) is 3. The van der Waals surface area contributed by atoms with Gasteiger partial charge in [0.1, 0.15) is 0 Å². The molecule has 16 heteroatoms. The molecule has 11 nitrogen and oxygen atoms in total. The SMILES string of the molecule is CC(=O)C=C(C)O.CC(=O)C=C(C)O.CC(=O)C=C(C)O.CC(C)c1ccc(-c2[c-]ccc(-c3ccccc3)c2)nc1.CC1(C)c2ccccc2-c2c[c-]c(-c3ccc4ccccc4n3)cc21.Cc1[c-]c(-c2ccc3ccccc3n2)cc(C)c1.Cc1c[c-]c(-c2ccc3ccccc3n2)c(C)c1.[Ir].[Ir].[Ir].[Ir].[Ir].[c-]1ccccc1-c1ccccn1. The minimum Gasteiger partial charge on any atom is -0.512 e. The van der Waals surface area contributed by atoms with Gasteiger partial charge in [-0.2, -0.15) is 0 Å². The normalized spacial score (nSPS) is 11.1. The summed E-state index contributed by atoms with van der Waals surface area (Å²) in [5.74, 6) is 0.318. The molecule has 0 saturated carbocycles. The van der Waals surface area contributed by atoms with Crippen LogP contribution >= 0.6 is 0 Å². The number of para-hydroxylation sites is 3. The summed E-state index contributed by atoms with van der Waals surface area (Å²) in [5.41, 5.74) is 27.2. The number of pyridine rings is 5. The third-order valence-corrected chi connectivity index (χ3v) is 18.1. The van der Waals surface area contributed by atoms with Crippen molar-refractivity contribution < 1.29 is 130 Å². The number of carbonyl (C=O) groups excluding carboxylic acids is 3. The van der Waals surface area contributed by atoms with E-state index < -0.39 is 0 Å². The number of nitrogens with zero attached hydrogens (tertiary/aromatic N) is 5. The molecule has 0 bridgehead atoms. The topological polar surface area (TPSA) is 176 Å². The summed E-state index contributed by atoms with van der Waals surface area (Å²) in [4.78, 5) is 53.1. The molecule has 15 aromatic rings. The van der Waals surface area contributed by atoms with Crippen LogP contribution in [0.3, 0.4) is 0 Å². The first-order valence-corrected chi connectivity index (χ1v) is 38.0. The van der Waals surface area contributed by atoms with Crippen molar-refractivity contribution in [3.63, 3.8) is 0 Å². The number of aromatic nitrogens is 5. The van der Waals surface area contributed by atoms with Gasteiger partial charge in [0.05, 0.1) is 33.8 Å². The van der Waals surface area contributed by atoms with E-state index in [2.05, 4.69) is 259 Å². The summed E-state index contributed by atoms with van der Waals surface area (Å²) >= 11 is 0. The van der Waals surface area contributed by atoms with Gasteiger partial charge in [-0.25, -0.2) is 0 Å². The summed E-state index contributed by atoms with van der Waals surface area (Å²) < 4.78 is 0. The van der Waals surface area contributed by atoms with Crippen LogP contribution in [0.5, 0.6) is 0 Å². The average Bonchev–Trinajstić information content (AvgIpc) is 1.58. The quantitative estimate of drug-likeness (QED) is 0.0675. The summed E-state index contributed by atoms with van der Waals surface area (Å²) in [6, 6.07) is 110. The number of aliphatic hydroxyl groups is 3. The van der Waals surface area contributed by atoms with Gasteiger partial charge >= 0.3 is 0 Å². The molecule has 5 heterocycles. The number of benzene rings is 10. The Morgan fingerprint density at radius 3 is 1.36 bits per heavy atom. The molecule has 0 fully saturated rings. The molecule has 0 saturated heterocycles. The Kier molecular flexibility index (Phi) is 43.0. The second-order valence-electron chi connectivity index (χ2n) is 28.7. The van der Waals surface area contributed by atoms with Gasteiger partial charge in [-0.05, 0) is 138 Å². The van der Waals surface area contributed by atoms with Crippen molar-refractivity contribution in [2.45, 2.75) is 108 Å². The smallest absolute Gasteiger partial charge is 0.155 e. The monoisotopic (exact) mass is 2480 g/mol. The molecule has 3 N–H and O–H groups in total. The van der Waals surface area contributed by atoms with E-state index in [-0.39, 0.29) is 141 Å². The Balaban J connectivity index is 0.000000298. The van der Waals surface area contributed by atoms with Crippen LogP contribution in [0.4, 0.5) is 0 Å². The van der Waals surface area contributed by atoms with Gasteiger partial charge in [-0.3, -0.25) is 29.3 Å². The zero-order valence-electron chi connectivity index (χ0n) is 69.4. The standard InChI is InChI=1S/C24H18N.C20H18N.2C17H14N.C11H8N.3C5H8O2.5Ir/c1-24(2)20-9-5-4-8-18(20)19-13-11-17(15-21(19)24)23-14-12-16-7-3-6-10-22(16)25-23;1-15(2)19-11-12-20(21-14-19)18-10-6-9-17(13-18)16-7-4-3-5-8-16;1-12-7-9-15(13(2)11-12)17-10-8-14-5-3-4-6-16(14)18-17;1-12-9-13(2)11-15(10-12)17-8-7-14-5-3-4-6-16(14)18-17;1-2-6-10(7-3-1)11-8-4-5-9-12-11;3*1-4(6)3-5(2)7;;;;;/h3-10,12-15H,1-2H3;3-9,11-15H,1-2H3;3-8,10-11H,1-2H3;3-10H,1-2H3;1-6,8-9H;3*3,6H,1-2H3;;;;;/q5*-1;;;;;;;;. The second-order valence-corrected chi connectivity index (χ2v) is 28.7. The first-order chi connectivity index (χ1) is 55.2. The van der Waals surface area contributed by atoms with E-state index in [1.165, 1.54) is 132 Å². The molecule has 10 aromatic carbocycles. The van der Waals surface area contributed by atoms with Crippen molar-refractivity contribution in [3.8, 4) is 78.5 Å². The van der Waals surface area contributed by atoms with Crippen LogP contribution in [-0.2, 0) is 120 Å². The summed E-state index contributed by atoms with van der Waals surface area (Å²) in [6.45, 7) is 25.9. The largest absolute Gasteiger partial charge is 0.512 e. The van der Waals surface area contributed by atoms with Crippen LogP contribution in [0.15, 0.2) is 321 Å². The maximum atomic E-state index is 10.0. The first-order valence-electron chi connectivity index (χ1n) is 38.0. The molecule has 0 atom stereocenters. The molecule has 5 radical (unpaired) electrons. The molecule has 1 aliphatic rings. The molecule has 120 heavy (non-hydrogen) atoms. The average molecular weight is 2470 g/mol. The van der Waals surface area contributed by atoms with Crippen LogP contribution in [0.2, 0.25) is 0 Å². The van der Waals surface area contributed by atoms with E-state index in [1.807, 2.05) is 115 Å². The third-order valence-electron chi connectivity index (χ3n) is 18.1.